The van der Waals surface area contributed by atoms with Gasteiger partial charge in [0.1, 0.15) is 5.78 Å². The number of rotatable bonds is 5. The highest BCUT2D eigenvalue weighted by Crippen LogP contribution is 2.66. The molecule has 3 nitrogen and oxygen atoms in total. The maximum absolute atomic E-state index is 13.8. The fourth-order valence-electron chi connectivity index (χ4n) is 9.19. The first-order valence-electron chi connectivity index (χ1n) is 14.3. The van der Waals surface area contributed by atoms with Crippen LogP contribution in [0.5, 0.6) is 0 Å². The lowest BCUT2D eigenvalue weighted by Crippen LogP contribution is -2.51. The predicted octanol–water partition coefficient (Wildman–Crippen LogP) is 6.86. The maximum atomic E-state index is 13.8. The zero-order chi connectivity index (χ0) is 24.8. The number of allylic oxidation sites excluding steroid dienone is 4. The van der Waals surface area contributed by atoms with Gasteiger partial charge in [0.05, 0.1) is 6.54 Å². The molecule has 35 heavy (non-hydrogen) atoms. The Kier molecular flexibility index (Phi) is 6.85. The van der Waals surface area contributed by atoms with Crippen LogP contribution >= 0.6 is 0 Å². The van der Waals surface area contributed by atoms with Crippen molar-refractivity contribution in [2.24, 2.45) is 34.5 Å². The summed E-state index contributed by atoms with van der Waals surface area (Å²) in [6, 6.07) is 0. The normalized spacial score (nSPS) is 40.1. The minimum absolute atomic E-state index is 0.160. The van der Waals surface area contributed by atoms with Crippen LogP contribution in [0.15, 0.2) is 47.6 Å². The van der Waals surface area contributed by atoms with Crippen LogP contribution in [0.3, 0.4) is 0 Å². The van der Waals surface area contributed by atoms with E-state index in [1.165, 1.54) is 42.4 Å². The summed E-state index contributed by atoms with van der Waals surface area (Å²) in [5.41, 5.74) is 4.54. The second-order valence-corrected chi connectivity index (χ2v) is 12.6. The van der Waals surface area contributed by atoms with Crippen LogP contribution in [0.1, 0.15) is 85.0 Å². The highest BCUT2D eigenvalue weighted by atomic mass is 16.1. The van der Waals surface area contributed by atoms with Gasteiger partial charge < -0.3 is 0 Å². The molecule has 3 saturated carbocycles. The third-order valence-corrected chi connectivity index (χ3v) is 11.2. The summed E-state index contributed by atoms with van der Waals surface area (Å²) in [7, 11) is 0. The van der Waals surface area contributed by atoms with Gasteiger partial charge in [0.2, 0.25) is 0 Å². The number of carbonyl (C=O) groups excluding carboxylic acids is 2. The van der Waals surface area contributed by atoms with Gasteiger partial charge in [-0.25, -0.2) is 0 Å². The number of ketones is 2. The lowest BCUT2D eigenvalue weighted by molar-refractivity contribution is -0.131. The lowest BCUT2D eigenvalue weighted by atomic mass is 9.46. The first kappa shape index (κ1) is 24.9. The summed E-state index contributed by atoms with van der Waals surface area (Å²) >= 11 is 0. The van der Waals surface area contributed by atoms with E-state index >= 15 is 0 Å². The molecule has 6 atom stereocenters. The van der Waals surface area contributed by atoms with Gasteiger partial charge in [-0.3, -0.25) is 14.5 Å². The monoisotopic (exact) mass is 475 g/mol. The van der Waals surface area contributed by atoms with Crippen molar-refractivity contribution < 1.29 is 9.59 Å². The summed E-state index contributed by atoms with van der Waals surface area (Å²) < 4.78 is 0. The molecule has 0 radical (unpaired) electrons. The van der Waals surface area contributed by atoms with Crippen LogP contribution in [0.4, 0.5) is 0 Å². The van der Waals surface area contributed by atoms with Crippen molar-refractivity contribution in [1.29, 1.82) is 0 Å². The van der Waals surface area contributed by atoms with E-state index in [9.17, 15) is 9.59 Å². The Morgan fingerprint density at radius 2 is 1.80 bits per heavy atom. The number of carbonyl (C=O) groups is 2. The quantitative estimate of drug-likeness (QED) is 0.436. The summed E-state index contributed by atoms with van der Waals surface area (Å²) in [6.45, 7) is 13.6. The fourth-order valence-corrected chi connectivity index (χ4v) is 9.19. The van der Waals surface area contributed by atoms with E-state index in [1.807, 2.05) is 12.2 Å². The molecule has 5 aliphatic rings. The average molecular weight is 476 g/mol. The van der Waals surface area contributed by atoms with Crippen LogP contribution in [-0.2, 0) is 9.59 Å². The highest BCUT2D eigenvalue weighted by Gasteiger charge is 2.60. The molecule has 190 valence electrons. The van der Waals surface area contributed by atoms with Gasteiger partial charge in [0.25, 0.3) is 0 Å². The molecule has 4 aliphatic carbocycles. The highest BCUT2D eigenvalue weighted by molar-refractivity contribution is 5.91. The van der Waals surface area contributed by atoms with E-state index in [2.05, 4.69) is 44.4 Å². The zero-order valence-electron chi connectivity index (χ0n) is 22.3. The van der Waals surface area contributed by atoms with Crippen molar-refractivity contribution in [3.05, 3.63) is 47.6 Å². The summed E-state index contributed by atoms with van der Waals surface area (Å²) in [5.74, 6) is 3.14. The molecule has 0 aromatic rings. The minimum Gasteiger partial charge on any atom is -0.298 e. The van der Waals surface area contributed by atoms with E-state index in [0.29, 0.717) is 29.9 Å². The third kappa shape index (κ3) is 4.26. The van der Waals surface area contributed by atoms with E-state index in [-0.39, 0.29) is 16.7 Å². The molecule has 0 spiro atoms. The number of nitrogens with zero attached hydrogens (tertiary/aromatic N) is 1. The lowest BCUT2D eigenvalue weighted by Gasteiger charge is -2.58. The van der Waals surface area contributed by atoms with Crippen LogP contribution < -0.4 is 0 Å². The molecule has 0 aromatic heterocycles. The Morgan fingerprint density at radius 1 is 1.03 bits per heavy atom. The van der Waals surface area contributed by atoms with Crippen molar-refractivity contribution in [3.8, 4) is 0 Å². The van der Waals surface area contributed by atoms with E-state index < -0.39 is 0 Å². The predicted molar refractivity (Wildman–Crippen MR) is 143 cm³/mol. The number of fused-ring (bicyclic) bond motifs is 5. The molecule has 1 aliphatic heterocycles. The van der Waals surface area contributed by atoms with E-state index in [0.717, 1.165) is 57.5 Å². The molecule has 3 fully saturated rings. The van der Waals surface area contributed by atoms with Crippen LogP contribution in [0.2, 0.25) is 0 Å². The summed E-state index contributed by atoms with van der Waals surface area (Å²) in [6.07, 6.45) is 19.1. The van der Waals surface area contributed by atoms with Crippen molar-refractivity contribution in [2.45, 2.75) is 85.0 Å². The molecule has 5 rings (SSSR count). The zero-order valence-corrected chi connectivity index (χ0v) is 22.3. The molecular weight excluding hydrogens is 430 g/mol. The van der Waals surface area contributed by atoms with Gasteiger partial charge in [0.15, 0.2) is 5.78 Å². The number of hydrogen-bond donors (Lipinski definition) is 0. The van der Waals surface area contributed by atoms with Gasteiger partial charge in [-0.2, -0.15) is 0 Å². The van der Waals surface area contributed by atoms with Gasteiger partial charge in [-0.1, -0.05) is 44.2 Å². The molecular formula is C32H45NO2. The second-order valence-electron chi connectivity index (χ2n) is 12.6. The Labute approximate surface area is 212 Å². The molecule has 0 bridgehead atoms. The van der Waals surface area contributed by atoms with Crippen LogP contribution in [0, 0.1) is 34.5 Å². The average Bonchev–Trinajstić information content (AvgIpc) is 3.08. The van der Waals surface area contributed by atoms with Gasteiger partial charge in [-0.15, -0.1) is 0 Å². The second kappa shape index (κ2) is 9.61. The van der Waals surface area contributed by atoms with Crippen LogP contribution in [-0.4, -0.2) is 36.1 Å². The topological polar surface area (TPSA) is 37.4 Å². The van der Waals surface area contributed by atoms with Crippen molar-refractivity contribution in [1.82, 2.24) is 4.90 Å². The number of Topliss-reactive ketones (excluding diaryl/α,β-unsaturated/α-hetero) is 1. The molecule has 0 saturated heterocycles. The van der Waals surface area contributed by atoms with E-state index in [1.54, 1.807) is 0 Å². The van der Waals surface area contributed by atoms with Gasteiger partial charge in [-0.05, 0) is 111 Å². The first-order chi connectivity index (χ1) is 16.8. The molecule has 6 unspecified atom stereocenters. The number of hydrogen-bond acceptors (Lipinski definition) is 3. The SMILES string of the molecule is C=CC1=C(/C=C\C)CCN(CC(=O)C2CCC3C4CCC5=CC(=O)CCC5(C)C4CCC23C)CC1. The Balaban J connectivity index is 1.27. The summed E-state index contributed by atoms with van der Waals surface area (Å²) in [5, 5.41) is 0. The Hall–Kier alpha value is -1.74. The maximum Gasteiger partial charge on any atom is 0.155 e. The van der Waals surface area contributed by atoms with E-state index in [4.69, 9.17) is 0 Å². The van der Waals surface area contributed by atoms with Crippen molar-refractivity contribution in [2.75, 3.05) is 19.6 Å². The molecule has 0 N–H and O–H groups in total. The van der Waals surface area contributed by atoms with Gasteiger partial charge >= 0.3 is 0 Å². The van der Waals surface area contributed by atoms with Crippen LogP contribution in [0.25, 0.3) is 0 Å². The standard InChI is InChI=1S/C32H45NO2/c1-5-7-23-15-19-33(18-14-22(23)6-2)21-30(35)29-11-10-27-26-9-8-24-20-25(34)12-16-31(24,3)28(26)13-17-32(27,29)4/h5-7,20,26-29H,2,8-19,21H2,1,3-4H3/b7-5-. The molecule has 0 amide bonds. The Bertz CT molecular complexity index is 986. The molecule has 1 heterocycles. The third-order valence-electron chi connectivity index (χ3n) is 11.2. The smallest absolute Gasteiger partial charge is 0.155 e. The van der Waals surface area contributed by atoms with Gasteiger partial charge in [0, 0.05) is 25.4 Å². The van der Waals surface area contributed by atoms with Crippen molar-refractivity contribution in [3.63, 3.8) is 0 Å². The fraction of sp³-hybridized carbons (Fsp3) is 0.688. The minimum atomic E-state index is 0.160. The summed E-state index contributed by atoms with van der Waals surface area (Å²) in [4.78, 5) is 28.3. The molecule has 3 heteroatoms. The first-order valence-corrected chi connectivity index (χ1v) is 14.3. The van der Waals surface area contributed by atoms with Crippen molar-refractivity contribution >= 4 is 11.6 Å². The molecule has 0 aromatic carbocycles. The largest absolute Gasteiger partial charge is 0.298 e. The Morgan fingerprint density at radius 3 is 2.54 bits per heavy atom.